The molecule has 7 heteroatoms. The number of halogens is 1. The first-order valence-corrected chi connectivity index (χ1v) is 6.11. The topological polar surface area (TPSA) is 78.7 Å². The molecular formula is C11H16ClN5O. The van der Waals surface area contributed by atoms with Gasteiger partial charge in [0.2, 0.25) is 5.91 Å². The van der Waals surface area contributed by atoms with Crippen LogP contribution in [0.3, 0.4) is 0 Å². The van der Waals surface area contributed by atoms with E-state index in [2.05, 4.69) is 10.1 Å². The fourth-order valence-corrected chi connectivity index (χ4v) is 2.28. The fourth-order valence-electron chi connectivity index (χ4n) is 2.10. The van der Waals surface area contributed by atoms with Crippen molar-refractivity contribution in [3.8, 4) is 0 Å². The molecule has 0 aliphatic rings. The van der Waals surface area contributed by atoms with E-state index in [1.165, 1.54) is 0 Å². The summed E-state index contributed by atoms with van der Waals surface area (Å²) >= 11 is 5.91. The van der Waals surface area contributed by atoms with E-state index < -0.39 is 11.4 Å². The molecule has 0 spiro atoms. The van der Waals surface area contributed by atoms with Crippen molar-refractivity contribution in [1.82, 2.24) is 19.3 Å². The lowest BCUT2D eigenvalue weighted by molar-refractivity contribution is -0.125. The van der Waals surface area contributed by atoms with E-state index in [4.69, 9.17) is 17.3 Å². The number of carbonyl (C=O) groups is 1. The summed E-state index contributed by atoms with van der Waals surface area (Å²) in [6.07, 6.45) is 0. The molecule has 0 saturated heterocycles. The fraction of sp³-hybridized carbons (Fsp3) is 0.545. The number of primary amides is 1. The maximum absolute atomic E-state index is 11.7. The zero-order chi connectivity index (χ0) is 13.7. The summed E-state index contributed by atoms with van der Waals surface area (Å²) in [7, 11) is 1.81. The number of imidazole rings is 1. The quantitative estimate of drug-likeness (QED) is 0.846. The minimum atomic E-state index is -0.904. The third-order valence-electron chi connectivity index (χ3n) is 3.15. The van der Waals surface area contributed by atoms with Crippen LogP contribution in [0.4, 0.5) is 0 Å². The summed E-state index contributed by atoms with van der Waals surface area (Å²) in [5.74, 6) is 0.392. The van der Waals surface area contributed by atoms with Crippen LogP contribution in [0.25, 0.3) is 11.2 Å². The molecule has 6 nitrogen and oxygen atoms in total. The number of amides is 1. The first-order chi connectivity index (χ1) is 8.30. The molecule has 0 bridgehead atoms. The van der Waals surface area contributed by atoms with Crippen LogP contribution in [0.2, 0.25) is 0 Å². The predicted molar refractivity (Wildman–Crippen MR) is 69.3 cm³/mol. The van der Waals surface area contributed by atoms with Gasteiger partial charge < -0.3 is 5.73 Å². The maximum Gasteiger partial charge on any atom is 0.243 e. The van der Waals surface area contributed by atoms with Gasteiger partial charge in [-0.2, -0.15) is 5.10 Å². The molecule has 0 unspecified atom stereocenters. The number of nitrogens with two attached hydrogens (primary N) is 1. The van der Waals surface area contributed by atoms with Crippen molar-refractivity contribution < 1.29 is 4.79 Å². The number of rotatable bonds is 3. The average molecular weight is 270 g/mol. The second kappa shape index (κ2) is 3.98. The summed E-state index contributed by atoms with van der Waals surface area (Å²) in [4.78, 5) is 16.1. The summed E-state index contributed by atoms with van der Waals surface area (Å²) in [6.45, 7) is 5.36. The highest BCUT2D eigenvalue weighted by atomic mass is 35.5. The van der Waals surface area contributed by atoms with Gasteiger partial charge in [0.05, 0.1) is 11.6 Å². The summed E-state index contributed by atoms with van der Waals surface area (Å²) in [5.41, 5.74) is 6.88. The molecule has 2 aromatic heterocycles. The summed E-state index contributed by atoms with van der Waals surface area (Å²) in [6, 6.07) is 0. The van der Waals surface area contributed by atoms with Crippen LogP contribution < -0.4 is 5.73 Å². The standard InChI is InChI=1S/C11H16ClN5O/c1-6-8-9(16(4)15-6)17(7(5-12)14-8)11(2,3)10(13)18/h5H2,1-4H3,(H2,13,18). The number of alkyl halides is 1. The number of aromatic nitrogens is 4. The Morgan fingerprint density at radius 1 is 1.50 bits per heavy atom. The molecule has 0 saturated carbocycles. The first-order valence-electron chi connectivity index (χ1n) is 5.58. The highest BCUT2D eigenvalue weighted by Crippen LogP contribution is 2.27. The Morgan fingerprint density at radius 2 is 2.11 bits per heavy atom. The smallest absolute Gasteiger partial charge is 0.243 e. The van der Waals surface area contributed by atoms with Gasteiger partial charge in [-0.1, -0.05) is 0 Å². The molecule has 0 aliphatic heterocycles. The molecule has 98 valence electrons. The van der Waals surface area contributed by atoms with Crippen molar-refractivity contribution in [2.24, 2.45) is 12.8 Å². The van der Waals surface area contributed by atoms with Gasteiger partial charge in [0, 0.05) is 7.05 Å². The van der Waals surface area contributed by atoms with Crippen LogP contribution in [-0.4, -0.2) is 25.2 Å². The van der Waals surface area contributed by atoms with Crippen molar-refractivity contribution in [2.75, 3.05) is 0 Å². The first kappa shape index (κ1) is 12.9. The number of nitrogens with zero attached hydrogens (tertiary/aromatic N) is 4. The van der Waals surface area contributed by atoms with Gasteiger partial charge in [0.1, 0.15) is 16.9 Å². The molecular weight excluding hydrogens is 254 g/mol. The van der Waals surface area contributed by atoms with E-state index in [9.17, 15) is 4.79 Å². The van der Waals surface area contributed by atoms with E-state index in [-0.39, 0.29) is 5.88 Å². The molecule has 2 N–H and O–H groups in total. The van der Waals surface area contributed by atoms with Crippen LogP contribution in [0.5, 0.6) is 0 Å². The summed E-state index contributed by atoms with van der Waals surface area (Å²) < 4.78 is 3.45. The highest BCUT2D eigenvalue weighted by Gasteiger charge is 2.33. The molecule has 0 fully saturated rings. The zero-order valence-electron chi connectivity index (χ0n) is 10.9. The Bertz CT molecular complexity index is 625. The average Bonchev–Trinajstić information content (AvgIpc) is 2.78. The SMILES string of the molecule is Cc1nn(C)c2c1nc(CCl)n2C(C)(C)C(N)=O. The van der Waals surface area contributed by atoms with E-state index in [0.29, 0.717) is 5.82 Å². The van der Waals surface area contributed by atoms with Gasteiger partial charge in [-0.3, -0.25) is 14.0 Å². The van der Waals surface area contributed by atoms with Crippen LogP contribution in [0.1, 0.15) is 25.4 Å². The van der Waals surface area contributed by atoms with Crippen molar-refractivity contribution in [3.63, 3.8) is 0 Å². The number of carbonyl (C=O) groups excluding carboxylic acids is 1. The van der Waals surface area contributed by atoms with Gasteiger partial charge in [-0.05, 0) is 20.8 Å². The third-order valence-corrected chi connectivity index (χ3v) is 3.39. The zero-order valence-corrected chi connectivity index (χ0v) is 11.6. The van der Waals surface area contributed by atoms with Crippen LogP contribution in [0, 0.1) is 6.92 Å². The van der Waals surface area contributed by atoms with Crippen LogP contribution in [-0.2, 0) is 23.3 Å². The molecule has 2 aromatic rings. The van der Waals surface area contributed by atoms with Crippen LogP contribution >= 0.6 is 11.6 Å². The van der Waals surface area contributed by atoms with Gasteiger partial charge in [-0.25, -0.2) is 4.98 Å². The van der Waals surface area contributed by atoms with E-state index >= 15 is 0 Å². The van der Waals surface area contributed by atoms with Crippen molar-refractivity contribution in [2.45, 2.75) is 32.2 Å². The second-order valence-electron chi connectivity index (χ2n) is 4.80. The van der Waals surface area contributed by atoms with Crippen LogP contribution in [0.15, 0.2) is 0 Å². The Morgan fingerprint density at radius 3 is 2.61 bits per heavy atom. The predicted octanol–water partition coefficient (Wildman–Crippen LogP) is 1.04. The van der Waals surface area contributed by atoms with Crippen molar-refractivity contribution in [1.29, 1.82) is 0 Å². The van der Waals surface area contributed by atoms with Crippen molar-refractivity contribution in [3.05, 3.63) is 11.5 Å². The van der Waals surface area contributed by atoms with Gasteiger partial charge in [-0.15, -0.1) is 11.6 Å². The number of hydrogen-bond donors (Lipinski definition) is 1. The molecule has 0 aromatic carbocycles. The molecule has 2 rings (SSSR count). The number of fused-ring (bicyclic) bond motifs is 1. The number of aryl methyl sites for hydroxylation is 2. The number of hydrogen-bond acceptors (Lipinski definition) is 3. The van der Waals surface area contributed by atoms with Crippen molar-refractivity contribution >= 4 is 28.7 Å². The van der Waals surface area contributed by atoms with E-state index in [0.717, 1.165) is 16.9 Å². The largest absolute Gasteiger partial charge is 0.368 e. The minimum Gasteiger partial charge on any atom is -0.368 e. The monoisotopic (exact) mass is 269 g/mol. The van der Waals surface area contributed by atoms with E-state index in [1.54, 1.807) is 23.1 Å². The molecule has 2 heterocycles. The maximum atomic E-state index is 11.7. The van der Waals surface area contributed by atoms with Gasteiger partial charge in [0.25, 0.3) is 0 Å². The highest BCUT2D eigenvalue weighted by molar-refractivity contribution is 6.17. The Kier molecular flexibility index (Phi) is 2.85. The summed E-state index contributed by atoms with van der Waals surface area (Å²) in [5, 5.41) is 4.30. The third kappa shape index (κ3) is 1.59. The van der Waals surface area contributed by atoms with Gasteiger partial charge >= 0.3 is 0 Å². The lowest BCUT2D eigenvalue weighted by Crippen LogP contribution is -2.42. The molecule has 0 aliphatic carbocycles. The lowest BCUT2D eigenvalue weighted by atomic mass is 10.0. The Balaban J connectivity index is 2.87. The minimum absolute atomic E-state index is 0.213. The Labute approximate surface area is 110 Å². The van der Waals surface area contributed by atoms with E-state index in [1.807, 2.05) is 14.0 Å². The molecule has 0 radical (unpaired) electrons. The molecule has 0 atom stereocenters. The lowest BCUT2D eigenvalue weighted by Gasteiger charge is -2.25. The molecule has 1 amide bonds. The Hall–Kier alpha value is -1.56. The normalized spacial score (nSPS) is 12.3. The molecule has 18 heavy (non-hydrogen) atoms. The second-order valence-corrected chi connectivity index (χ2v) is 5.07. The van der Waals surface area contributed by atoms with Gasteiger partial charge in [0.15, 0.2) is 5.65 Å².